The standard InChI is InChI=1S/C24H28N3O4S.K/c1-13(28)18(14(2)29)19(20-22(30)25(3)24(32)26(4)23(20)31)17-11-15-7-5-9-27-10-6-8-16(12-17)21(15)27;/h11-12,18-19H,5-10H2,1-4H3;/q-1;+1. The molecule has 1 aromatic heterocycles. The van der Waals surface area contributed by atoms with Crippen LogP contribution >= 0.6 is 12.2 Å². The zero-order valence-corrected chi connectivity index (χ0v) is 23.9. The molecule has 0 amide bonds. The summed E-state index contributed by atoms with van der Waals surface area (Å²) in [5.74, 6) is -2.78. The second kappa shape index (κ2) is 10.3. The van der Waals surface area contributed by atoms with Crippen LogP contribution in [0.3, 0.4) is 0 Å². The van der Waals surface area contributed by atoms with Crippen molar-refractivity contribution in [1.29, 1.82) is 0 Å². The van der Waals surface area contributed by atoms with Gasteiger partial charge in [0.2, 0.25) is 0 Å². The Balaban J connectivity index is 0.00000306. The summed E-state index contributed by atoms with van der Waals surface area (Å²) in [6.07, 6.45) is 3.84. The number of hydrogen-bond acceptors (Lipinski definition) is 6. The normalized spacial score (nSPS) is 15.6. The third kappa shape index (κ3) is 4.60. The summed E-state index contributed by atoms with van der Waals surface area (Å²) in [6, 6.07) is 4.00. The molecule has 9 heteroatoms. The van der Waals surface area contributed by atoms with Crippen molar-refractivity contribution in [2.45, 2.75) is 45.4 Å². The molecule has 2 aromatic rings. The first kappa shape index (κ1) is 26.5. The average Bonchev–Trinajstić information content (AvgIpc) is 2.75. The SMILES string of the molecule is CC(=O)C(C(C)=O)C(c1cc2c3c(c1)CCCN3CCC2)[c-]1c(=O)n(C)c(=S)n(C)c1=O.[K+]. The molecule has 0 spiro atoms. The monoisotopic (exact) mass is 493 g/mol. The molecule has 7 nitrogen and oxygen atoms in total. The van der Waals surface area contributed by atoms with Crippen LogP contribution < -0.4 is 67.4 Å². The molecular weight excluding hydrogens is 465 g/mol. The van der Waals surface area contributed by atoms with E-state index in [1.807, 2.05) is 12.1 Å². The van der Waals surface area contributed by atoms with Crippen molar-refractivity contribution in [3.63, 3.8) is 0 Å². The summed E-state index contributed by atoms with van der Waals surface area (Å²) in [5.41, 5.74) is 3.07. The van der Waals surface area contributed by atoms with Gasteiger partial charge >= 0.3 is 51.4 Å². The molecule has 1 unspecified atom stereocenters. The summed E-state index contributed by atoms with van der Waals surface area (Å²) < 4.78 is 2.57. The Kier molecular flexibility index (Phi) is 8.23. The van der Waals surface area contributed by atoms with Crippen molar-refractivity contribution in [2.24, 2.45) is 20.0 Å². The Morgan fingerprint density at radius 1 is 0.939 bits per heavy atom. The van der Waals surface area contributed by atoms with Crippen LogP contribution in [0.1, 0.15) is 54.9 Å². The first-order valence-corrected chi connectivity index (χ1v) is 11.4. The number of carbonyl (C=O) groups is 2. The van der Waals surface area contributed by atoms with Crippen LogP contribution in [-0.4, -0.2) is 33.8 Å². The number of benzene rings is 1. The molecule has 3 heterocycles. The average molecular weight is 494 g/mol. The predicted molar refractivity (Wildman–Crippen MR) is 125 cm³/mol. The minimum Gasteiger partial charge on any atom is -0.371 e. The molecule has 33 heavy (non-hydrogen) atoms. The van der Waals surface area contributed by atoms with Crippen molar-refractivity contribution in [3.8, 4) is 0 Å². The maximum atomic E-state index is 13.3. The van der Waals surface area contributed by atoms with E-state index < -0.39 is 23.0 Å². The summed E-state index contributed by atoms with van der Waals surface area (Å²) in [6.45, 7) is 4.74. The number of Topliss-reactive ketones (excluding diaryl/α,β-unsaturated/α-hetero) is 2. The third-order valence-corrected chi connectivity index (χ3v) is 7.43. The van der Waals surface area contributed by atoms with Gasteiger partial charge in [0, 0.05) is 32.9 Å². The molecule has 0 aliphatic carbocycles. The molecule has 4 rings (SSSR count). The van der Waals surface area contributed by atoms with E-state index in [2.05, 4.69) is 4.90 Å². The first-order valence-electron chi connectivity index (χ1n) is 11.0. The van der Waals surface area contributed by atoms with E-state index >= 15 is 0 Å². The quantitative estimate of drug-likeness (QED) is 0.234. The number of ketones is 2. The number of rotatable bonds is 5. The van der Waals surface area contributed by atoms with Gasteiger partial charge in [0.15, 0.2) is 4.77 Å². The molecule has 0 N–H and O–H groups in total. The number of aryl methyl sites for hydroxylation is 2. The molecule has 0 saturated carbocycles. The topological polar surface area (TPSA) is 81.4 Å². The summed E-state index contributed by atoms with van der Waals surface area (Å²) in [4.78, 5) is 54.3. The van der Waals surface area contributed by atoms with Crippen molar-refractivity contribution >= 4 is 29.5 Å². The van der Waals surface area contributed by atoms with E-state index in [0.717, 1.165) is 49.9 Å². The molecular formula is C24H28KN3O4S. The van der Waals surface area contributed by atoms with Crippen LogP contribution in [0, 0.1) is 10.7 Å². The van der Waals surface area contributed by atoms with Crippen molar-refractivity contribution < 1.29 is 61.0 Å². The Morgan fingerprint density at radius 3 is 1.82 bits per heavy atom. The second-order valence-electron chi connectivity index (χ2n) is 8.98. The first-order chi connectivity index (χ1) is 15.1. The van der Waals surface area contributed by atoms with Crippen LogP contribution in [0.4, 0.5) is 5.69 Å². The molecule has 2 aliphatic heterocycles. The molecule has 0 radical (unpaired) electrons. The molecule has 0 bridgehead atoms. The summed E-state index contributed by atoms with van der Waals surface area (Å²) in [7, 11) is 3.02. The number of nitrogens with zero attached hydrogens (tertiary/aromatic N) is 3. The van der Waals surface area contributed by atoms with Crippen LogP contribution in [0.2, 0.25) is 0 Å². The van der Waals surface area contributed by atoms with Gasteiger partial charge in [-0.1, -0.05) is 23.6 Å². The largest absolute Gasteiger partial charge is 1.00 e. The van der Waals surface area contributed by atoms with Gasteiger partial charge in [-0.25, -0.2) is 0 Å². The smallest absolute Gasteiger partial charge is 0.371 e. The minimum absolute atomic E-state index is 0. The number of anilines is 1. The van der Waals surface area contributed by atoms with Gasteiger partial charge in [-0.3, -0.25) is 9.59 Å². The number of hydrogen-bond donors (Lipinski definition) is 0. The van der Waals surface area contributed by atoms with Crippen LogP contribution in [0.25, 0.3) is 0 Å². The number of aromatic nitrogens is 2. The van der Waals surface area contributed by atoms with E-state index in [4.69, 9.17) is 12.2 Å². The Labute approximate surface area is 240 Å². The molecule has 0 fully saturated rings. The molecule has 2 aliphatic rings. The zero-order valence-electron chi connectivity index (χ0n) is 19.9. The van der Waals surface area contributed by atoms with Gasteiger partial charge in [-0.15, -0.1) is 0 Å². The van der Waals surface area contributed by atoms with Crippen LogP contribution in [-0.2, 0) is 36.5 Å². The van der Waals surface area contributed by atoms with Crippen LogP contribution in [0.15, 0.2) is 21.7 Å². The fourth-order valence-electron chi connectivity index (χ4n) is 5.41. The van der Waals surface area contributed by atoms with Crippen molar-refractivity contribution in [3.05, 3.63) is 59.9 Å². The Hall–Kier alpha value is -1.10. The van der Waals surface area contributed by atoms with Gasteiger partial charge in [-0.2, -0.15) is 5.56 Å². The van der Waals surface area contributed by atoms with Gasteiger partial charge in [0.05, 0.1) is 5.92 Å². The Bertz CT molecular complexity index is 1220. The molecule has 0 saturated heterocycles. The van der Waals surface area contributed by atoms with Crippen molar-refractivity contribution in [2.75, 3.05) is 18.0 Å². The molecule has 170 valence electrons. The van der Waals surface area contributed by atoms with Gasteiger partial charge in [0.1, 0.15) is 22.7 Å². The fraction of sp³-hybridized carbons (Fsp3) is 0.500. The maximum Gasteiger partial charge on any atom is 1.00 e. The zero-order chi connectivity index (χ0) is 23.3. The number of carbonyl (C=O) groups excluding carboxylic acids is 2. The fourth-order valence-corrected chi connectivity index (χ4v) is 5.57. The van der Waals surface area contributed by atoms with Gasteiger partial charge < -0.3 is 23.6 Å². The van der Waals surface area contributed by atoms with E-state index in [-0.39, 0.29) is 73.3 Å². The van der Waals surface area contributed by atoms with Crippen molar-refractivity contribution in [1.82, 2.24) is 9.13 Å². The van der Waals surface area contributed by atoms with E-state index in [1.165, 1.54) is 42.8 Å². The van der Waals surface area contributed by atoms with E-state index in [9.17, 15) is 19.2 Å². The second-order valence-corrected chi connectivity index (χ2v) is 9.35. The molecule has 1 atom stereocenters. The third-order valence-electron chi connectivity index (χ3n) is 6.88. The van der Waals surface area contributed by atoms with Crippen LogP contribution in [0.5, 0.6) is 0 Å². The minimum atomic E-state index is -1.11. The van der Waals surface area contributed by atoms with Gasteiger partial charge in [0.25, 0.3) is 0 Å². The summed E-state index contributed by atoms with van der Waals surface area (Å²) >= 11 is 5.23. The predicted octanol–water partition coefficient (Wildman–Crippen LogP) is -0.839. The molecule has 1 aromatic carbocycles. The van der Waals surface area contributed by atoms with Gasteiger partial charge in [-0.05, 0) is 62.9 Å². The van der Waals surface area contributed by atoms with E-state index in [1.54, 1.807) is 0 Å². The Morgan fingerprint density at radius 2 is 1.39 bits per heavy atom. The summed E-state index contributed by atoms with van der Waals surface area (Å²) in [5, 5.41) is 0. The maximum absolute atomic E-state index is 13.3. The van der Waals surface area contributed by atoms with E-state index in [0.29, 0.717) is 5.56 Å².